The standard InChI is InChI=1S/C15H14N4O2S/c1-9-5-6-13(21-9)11-8-12(18-17-11)15(20)19-16-10(2)14-4-3-7-22-14/h3-8H,1-2H3,(H,17,18)(H,19,20)/b16-10+. The molecule has 3 aromatic rings. The fourth-order valence-electron chi connectivity index (χ4n) is 1.87. The van der Waals surface area contributed by atoms with Gasteiger partial charge in [0.1, 0.15) is 11.5 Å². The number of hydrazone groups is 1. The molecule has 0 bridgehead atoms. The summed E-state index contributed by atoms with van der Waals surface area (Å²) in [5.41, 5.74) is 4.16. The van der Waals surface area contributed by atoms with Gasteiger partial charge in [0.25, 0.3) is 5.91 Å². The number of nitrogens with one attached hydrogen (secondary N) is 2. The molecule has 112 valence electrons. The Kier molecular flexibility index (Phi) is 3.88. The van der Waals surface area contributed by atoms with Gasteiger partial charge in [-0.05, 0) is 37.4 Å². The van der Waals surface area contributed by atoms with Crippen molar-refractivity contribution in [3.63, 3.8) is 0 Å². The van der Waals surface area contributed by atoms with Gasteiger partial charge in [-0.1, -0.05) is 6.07 Å². The summed E-state index contributed by atoms with van der Waals surface area (Å²) < 4.78 is 5.48. The van der Waals surface area contributed by atoms with E-state index in [1.807, 2.05) is 43.5 Å². The highest BCUT2D eigenvalue weighted by Gasteiger charge is 2.13. The number of carbonyl (C=O) groups excluding carboxylic acids is 1. The van der Waals surface area contributed by atoms with Crippen molar-refractivity contribution in [2.24, 2.45) is 5.10 Å². The zero-order chi connectivity index (χ0) is 15.5. The van der Waals surface area contributed by atoms with Crippen LogP contribution in [0.3, 0.4) is 0 Å². The number of furan rings is 1. The third-order valence-electron chi connectivity index (χ3n) is 3.02. The van der Waals surface area contributed by atoms with Crippen LogP contribution in [0.1, 0.15) is 28.0 Å². The number of H-pyrrole nitrogens is 1. The maximum Gasteiger partial charge on any atom is 0.291 e. The first-order valence-corrected chi connectivity index (χ1v) is 7.52. The number of carbonyl (C=O) groups is 1. The summed E-state index contributed by atoms with van der Waals surface area (Å²) >= 11 is 1.57. The summed E-state index contributed by atoms with van der Waals surface area (Å²) in [6.07, 6.45) is 0. The van der Waals surface area contributed by atoms with Crippen LogP contribution in [0.4, 0.5) is 0 Å². The fraction of sp³-hybridized carbons (Fsp3) is 0.133. The first-order valence-electron chi connectivity index (χ1n) is 6.64. The van der Waals surface area contributed by atoms with Crippen LogP contribution >= 0.6 is 11.3 Å². The number of amides is 1. The average molecular weight is 314 g/mol. The average Bonchev–Trinajstić information content (AvgIpc) is 3.23. The van der Waals surface area contributed by atoms with E-state index in [1.54, 1.807) is 17.4 Å². The molecular formula is C15H14N4O2S. The number of rotatable bonds is 4. The van der Waals surface area contributed by atoms with Crippen LogP contribution in [-0.4, -0.2) is 21.8 Å². The van der Waals surface area contributed by atoms with Gasteiger partial charge in [-0.2, -0.15) is 10.2 Å². The minimum absolute atomic E-state index is 0.256. The van der Waals surface area contributed by atoms with E-state index in [-0.39, 0.29) is 11.6 Å². The molecule has 3 aromatic heterocycles. The van der Waals surface area contributed by atoms with Gasteiger partial charge in [0.2, 0.25) is 0 Å². The Morgan fingerprint density at radius 1 is 1.41 bits per heavy atom. The molecule has 0 aromatic carbocycles. The summed E-state index contributed by atoms with van der Waals surface area (Å²) in [6.45, 7) is 3.70. The van der Waals surface area contributed by atoms with Gasteiger partial charge in [0.15, 0.2) is 11.5 Å². The highest BCUT2D eigenvalue weighted by molar-refractivity contribution is 7.12. The van der Waals surface area contributed by atoms with Crippen LogP contribution in [-0.2, 0) is 0 Å². The Morgan fingerprint density at radius 3 is 2.95 bits per heavy atom. The minimum Gasteiger partial charge on any atom is -0.460 e. The Bertz CT molecular complexity index is 814. The molecule has 0 fully saturated rings. The zero-order valence-electron chi connectivity index (χ0n) is 12.1. The Hall–Kier alpha value is -2.67. The van der Waals surface area contributed by atoms with Gasteiger partial charge in [-0.25, -0.2) is 5.43 Å². The molecule has 6 nitrogen and oxygen atoms in total. The van der Waals surface area contributed by atoms with Crippen molar-refractivity contribution in [1.29, 1.82) is 0 Å². The number of hydrogen-bond donors (Lipinski definition) is 2. The van der Waals surface area contributed by atoms with E-state index in [4.69, 9.17) is 4.42 Å². The van der Waals surface area contributed by atoms with Crippen LogP contribution in [0.5, 0.6) is 0 Å². The van der Waals surface area contributed by atoms with Gasteiger partial charge >= 0.3 is 0 Å². The maximum absolute atomic E-state index is 12.0. The van der Waals surface area contributed by atoms with Crippen molar-refractivity contribution in [3.05, 3.63) is 52.0 Å². The van der Waals surface area contributed by atoms with Gasteiger partial charge in [-0.15, -0.1) is 11.3 Å². The molecule has 0 saturated carbocycles. The quantitative estimate of drug-likeness (QED) is 0.573. The van der Waals surface area contributed by atoms with E-state index < -0.39 is 0 Å². The molecular weight excluding hydrogens is 300 g/mol. The third kappa shape index (κ3) is 2.99. The van der Waals surface area contributed by atoms with Crippen LogP contribution < -0.4 is 5.43 Å². The molecule has 0 aliphatic carbocycles. The molecule has 7 heteroatoms. The maximum atomic E-state index is 12.0. The normalized spacial score (nSPS) is 11.6. The predicted octanol–water partition coefficient (Wildman–Crippen LogP) is 3.19. The number of aryl methyl sites for hydroxylation is 1. The van der Waals surface area contributed by atoms with Crippen molar-refractivity contribution >= 4 is 23.0 Å². The van der Waals surface area contributed by atoms with Gasteiger partial charge in [0, 0.05) is 10.9 Å². The lowest BCUT2D eigenvalue weighted by Crippen LogP contribution is -2.19. The fourth-order valence-corrected chi connectivity index (χ4v) is 2.55. The molecule has 2 N–H and O–H groups in total. The molecule has 3 rings (SSSR count). The van der Waals surface area contributed by atoms with Crippen LogP contribution in [0.2, 0.25) is 0 Å². The topological polar surface area (TPSA) is 83.3 Å². The third-order valence-corrected chi connectivity index (χ3v) is 4.00. The Labute approximate surface area is 130 Å². The number of aromatic amines is 1. The second-order valence-electron chi connectivity index (χ2n) is 4.69. The lowest BCUT2D eigenvalue weighted by atomic mass is 10.3. The molecule has 3 heterocycles. The summed E-state index contributed by atoms with van der Waals surface area (Å²) in [7, 11) is 0. The number of hydrogen-bond acceptors (Lipinski definition) is 5. The second-order valence-corrected chi connectivity index (χ2v) is 5.64. The van der Waals surface area contributed by atoms with E-state index >= 15 is 0 Å². The van der Waals surface area contributed by atoms with Crippen molar-refractivity contribution in [2.75, 3.05) is 0 Å². The smallest absolute Gasteiger partial charge is 0.291 e. The molecule has 0 aliphatic rings. The van der Waals surface area contributed by atoms with Gasteiger partial charge in [-0.3, -0.25) is 9.89 Å². The number of nitrogens with zero attached hydrogens (tertiary/aromatic N) is 2. The SMILES string of the molecule is C/C(=N\NC(=O)c1cc(-c2ccc(C)o2)[nH]n1)c1cccs1. The van der Waals surface area contributed by atoms with Gasteiger partial charge < -0.3 is 4.42 Å². The number of aromatic nitrogens is 2. The second kappa shape index (κ2) is 5.98. The van der Waals surface area contributed by atoms with Crippen LogP contribution in [0.25, 0.3) is 11.5 Å². The van der Waals surface area contributed by atoms with Crippen molar-refractivity contribution in [1.82, 2.24) is 15.6 Å². The molecule has 0 atom stereocenters. The van der Waals surface area contributed by atoms with Crippen molar-refractivity contribution in [2.45, 2.75) is 13.8 Å². The molecule has 22 heavy (non-hydrogen) atoms. The van der Waals surface area contributed by atoms with E-state index in [9.17, 15) is 4.79 Å². The van der Waals surface area contributed by atoms with E-state index in [0.717, 1.165) is 16.3 Å². The van der Waals surface area contributed by atoms with Crippen molar-refractivity contribution in [3.8, 4) is 11.5 Å². The van der Waals surface area contributed by atoms with Gasteiger partial charge in [0.05, 0.1) is 5.71 Å². The molecule has 0 aliphatic heterocycles. The van der Waals surface area contributed by atoms with Crippen molar-refractivity contribution < 1.29 is 9.21 Å². The van der Waals surface area contributed by atoms with E-state index in [1.165, 1.54) is 0 Å². The van der Waals surface area contributed by atoms with E-state index in [2.05, 4.69) is 20.7 Å². The summed E-state index contributed by atoms with van der Waals surface area (Å²) in [6, 6.07) is 9.19. The predicted molar refractivity (Wildman–Crippen MR) is 85.0 cm³/mol. The molecule has 0 spiro atoms. The molecule has 0 radical (unpaired) electrons. The number of thiophene rings is 1. The summed E-state index contributed by atoms with van der Waals surface area (Å²) in [5, 5.41) is 12.8. The lowest BCUT2D eigenvalue weighted by Gasteiger charge is -1.98. The Balaban J connectivity index is 1.71. The zero-order valence-corrected chi connectivity index (χ0v) is 12.9. The summed E-state index contributed by atoms with van der Waals surface area (Å²) in [4.78, 5) is 13.0. The largest absolute Gasteiger partial charge is 0.460 e. The first kappa shape index (κ1) is 14.3. The van der Waals surface area contributed by atoms with E-state index in [0.29, 0.717) is 11.5 Å². The molecule has 0 saturated heterocycles. The molecule has 1 amide bonds. The highest BCUT2D eigenvalue weighted by Crippen LogP contribution is 2.20. The highest BCUT2D eigenvalue weighted by atomic mass is 32.1. The van der Waals surface area contributed by atoms with Crippen LogP contribution in [0.15, 0.2) is 45.2 Å². The monoisotopic (exact) mass is 314 g/mol. The van der Waals surface area contributed by atoms with Crippen LogP contribution in [0, 0.1) is 6.92 Å². The molecule has 0 unspecified atom stereocenters. The summed E-state index contributed by atoms with van der Waals surface area (Å²) in [5.74, 6) is 1.07. The minimum atomic E-state index is -0.373. The first-order chi connectivity index (χ1) is 10.6. The lowest BCUT2D eigenvalue weighted by molar-refractivity contribution is 0.0950. The Morgan fingerprint density at radius 2 is 2.27 bits per heavy atom.